The van der Waals surface area contributed by atoms with E-state index in [0.717, 1.165) is 28.2 Å². The third-order valence-electron chi connectivity index (χ3n) is 3.85. The molecule has 1 heterocycles. The Morgan fingerprint density at radius 1 is 1.26 bits per heavy atom. The molecule has 2 N–H and O–H groups in total. The molecule has 0 bridgehead atoms. The zero-order valence-corrected chi connectivity index (χ0v) is 12.9. The molecule has 23 heavy (non-hydrogen) atoms. The molecule has 0 saturated carbocycles. The van der Waals surface area contributed by atoms with Crippen molar-refractivity contribution >= 4 is 6.09 Å². The van der Waals surface area contributed by atoms with E-state index in [2.05, 4.69) is 5.32 Å². The second-order valence-electron chi connectivity index (χ2n) is 5.35. The lowest BCUT2D eigenvalue weighted by Crippen LogP contribution is -2.30. The minimum atomic E-state index is -1.02. The number of rotatable bonds is 4. The van der Waals surface area contributed by atoms with E-state index in [4.69, 9.17) is 14.6 Å². The molecule has 0 radical (unpaired) electrons. The Kier molecular flexibility index (Phi) is 4.37. The van der Waals surface area contributed by atoms with Crippen LogP contribution in [0, 0.1) is 0 Å². The van der Waals surface area contributed by atoms with Crippen LogP contribution in [0.1, 0.15) is 24.9 Å². The minimum absolute atomic E-state index is 0.217. The fourth-order valence-corrected chi connectivity index (χ4v) is 2.78. The van der Waals surface area contributed by atoms with Crippen molar-refractivity contribution in [3.8, 4) is 22.6 Å². The lowest BCUT2D eigenvalue weighted by Gasteiger charge is -2.26. The molecule has 2 aromatic carbocycles. The predicted octanol–water partition coefficient (Wildman–Crippen LogP) is 3.84. The van der Waals surface area contributed by atoms with Gasteiger partial charge in [0.1, 0.15) is 11.5 Å². The number of hydrogen-bond acceptors (Lipinski definition) is 3. The lowest BCUT2D eigenvalue weighted by molar-refractivity contribution is 0.182. The molecule has 1 atom stereocenters. The molecule has 1 unspecified atom stereocenters. The zero-order chi connectivity index (χ0) is 16.2. The topological polar surface area (TPSA) is 67.8 Å². The summed E-state index contributed by atoms with van der Waals surface area (Å²) in [7, 11) is 0. The van der Waals surface area contributed by atoms with Gasteiger partial charge in [0.25, 0.3) is 0 Å². The minimum Gasteiger partial charge on any atom is -0.494 e. The van der Waals surface area contributed by atoms with Crippen molar-refractivity contribution < 1.29 is 19.4 Å². The predicted molar refractivity (Wildman–Crippen MR) is 87.1 cm³/mol. The Hall–Kier alpha value is -2.69. The van der Waals surface area contributed by atoms with Gasteiger partial charge in [-0.2, -0.15) is 0 Å². The Morgan fingerprint density at radius 3 is 2.70 bits per heavy atom. The van der Waals surface area contributed by atoms with Gasteiger partial charge in [0.05, 0.1) is 19.3 Å². The maximum atomic E-state index is 10.9. The summed E-state index contributed by atoms with van der Waals surface area (Å²) in [4.78, 5) is 10.9. The van der Waals surface area contributed by atoms with Gasteiger partial charge in [-0.05, 0) is 36.2 Å². The summed E-state index contributed by atoms with van der Waals surface area (Å²) >= 11 is 0. The first-order chi connectivity index (χ1) is 11.2. The van der Waals surface area contributed by atoms with Crippen molar-refractivity contribution in [1.29, 1.82) is 0 Å². The van der Waals surface area contributed by atoms with E-state index in [9.17, 15) is 4.79 Å². The maximum Gasteiger partial charge on any atom is 0.405 e. The summed E-state index contributed by atoms with van der Waals surface area (Å²) in [6, 6.07) is 13.5. The molecule has 1 aliphatic heterocycles. The van der Waals surface area contributed by atoms with E-state index in [-0.39, 0.29) is 6.04 Å². The van der Waals surface area contributed by atoms with Crippen LogP contribution in [0.3, 0.4) is 0 Å². The SMILES string of the molecule is CCOc1ccc(-c2ccc3c(c2)OCCC3NC(=O)O)cc1. The average molecular weight is 313 g/mol. The van der Waals surface area contributed by atoms with E-state index in [1.165, 1.54) is 0 Å². The number of hydrogen-bond donors (Lipinski definition) is 2. The summed E-state index contributed by atoms with van der Waals surface area (Å²) in [5, 5.41) is 11.5. The van der Waals surface area contributed by atoms with Gasteiger partial charge in [0.15, 0.2) is 0 Å². The largest absolute Gasteiger partial charge is 0.494 e. The maximum absolute atomic E-state index is 10.9. The van der Waals surface area contributed by atoms with Crippen LogP contribution in [-0.4, -0.2) is 24.4 Å². The molecule has 5 nitrogen and oxygen atoms in total. The van der Waals surface area contributed by atoms with Crippen LogP contribution in [0.25, 0.3) is 11.1 Å². The van der Waals surface area contributed by atoms with Crippen molar-refractivity contribution in [2.45, 2.75) is 19.4 Å². The Balaban J connectivity index is 1.86. The third kappa shape index (κ3) is 3.39. The monoisotopic (exact) mass is 313 g/mol. The lowest BCUT2D eigenvalue weighted by atomic mass is 9.96. The van der Waals surface area contributed by atoms with Crippen LogP contribution >= 0.6 is 0 Å². The van der Waals surface area contributed by atoms with Crippen LogP contribution < -0.4 is 14.8 Å². The van der Waals surface area contributed by atoms with Crippen LogP contribution in [0.4, 0.5) is 4.79 Å². The highest BCUT2D eigenvalue weighted by molar-refractivity contribution is 5.69. The third-order valence-corrected chi connectivity index (χ3v) is 3.85. The second kappa shape index (κ2) is 6.60. The molecule has 0 aromatic heterocycles. The molecule has 3 rings (SSSR count). The second-order valence-corrected chi connectivity index (χ2v) is 5.35. The summed E-state index contributed by atoms with van der Waals surface area (Å²) in [5.41, 5.74) is 2.98. The quantitative estimate of drug-likeness (QED) is 0.900. The van der Waals surface area contributed by atoms with E-state index >= 15 is 0 Å². The summed E-state index contributed by atoms with van der Waals surface area (Å²) in [6.45, 7) is 3.10. The van der Waals surface area contributed by atoms with Crippen LogP contribution in [0.15, 0.2) is 42.5 Å². The molecular formula is C18H19NO4. The Labute approximate surface area is 134 Å². The molecular weight excluding hydrogens is 294 g/mol. The molecule has 1 amide bonds. The first-order valence-corrected chi connectivity index (χ1v) is 7.67. The van der Waals surface area contributed by atoms with Gasteiger partial charge < -0.3 is 19.9 Å². The molecule has 2 aromatic rings. The van der Waals surface area contributed by atoms with Crippen molar-refractivity contribution in [1.82, 2.24) is 5.32 Å². The molecule has 0 spiro atoms. The summed E-state index contributed by atoms with van der Waals surface area (Å²) < 4.78 is 11.2. The molecule has 5 heteroatoms. The van der Waals surface area contributed by atoms with Crippen LogP contribution in [0.5, 0.6) is 11.5 Å². The van der Waals surface area contributed by atoms with E-state index in [0.29, 0.717) is 19.6 Å². The molecule has 0 fully saturated rings. The number of amides is 1. The fourth-order valence-electron chi connectivity index (χ4n) is 2.78. The molecule has 1 aliphatic rings. The van der Waals surface area contributed by atoms with E-state index in [1.807, 2.05) is 49.4 Å². The summed E-state index contributed by atoms with van der Waals surface area (Å²) in [6.07, 6.45) is -0.375. The zero-order valence-electron chi connectivity index (χ0n) is 12.9. The smallest absolute Gasteiger partial charge is 0.405 e. The number of ether oxygens (including phenoxy) is 2. The number of nitrogens with one attached hydrogen (secondary N) is 1. The first-order valence-electron chi connectivity index (χ1n) is 7.67. The van der Waals surface area contributed by atoms with Gasteiger partial charge in [0.2, 0.25) is 0 Å². The van der Waals surface area contributed by atoms with Crippen molar-refractivity contribution in [2.75, 3.05) is 13.2 Å². The number of fused-ring (bicyclic) bond motifs is 1. The number of carboxylic acid groups (broad SMARTS) is 1. The normalized spacial score (nSPS) is 16.1. The molecule has 0 saturated heterocycles. The highest BCUT2D eigenvalue weighted by Gasteiger charge is 2.23. The van der Waals surface area contributed by atoms with Gasteiger partial charge in [0, 0.05) is 12.0 Å². The van der Waals surface area contributed by atoms with Crippen molar-refractivity contribution in [3.63, 3.8) is 0 Å². The van der Waals surface area contributed by atoms with Gasteiger partial charge in [-0.15, -0.1) is 0 Å². The van der Waals surface area contributed by atoms with Gasteiger partial charge in [-0.3, -0.25) is 0 Å². The van der Waals surface area contributed by atoms with Gasteiger partial charge in [-0.25, -0.2) is 4.79 Å². The van der Waals surface area contributed by atoms with E-state index < -0.39 is 6.09 Å². The first kappa shape index (κ1) is 15.2. The average Bonchev–Trinajstić information content (AvgIpc) is 2.55. The van der Waals surface area contributed by atoms with Crippen LogP contribution in [0.2, 0.25) is 0 Å². The van der Waals surface area contributed by atoms with E-state index in [1.54, 1.807) is 0 Å². The Morgan fingerprint density at radius 2 is 2.00 bits per heavy atom. The number of benzene rings is 2. The number of carbonyl (C=O) groups is 1. The highest BCUT2D eigenvalue weighted by atomic mass is 16.5. The molecule has 120 valence electrons. The highest BCUT2D eigenvalue weighted by Crippen LogP contribution is 2.35. The summed E-state index contributed by atoms with van der Waals surface area (Å²) in [5.74, 6) is 1.58. The fraction of sp³-hybridized carbons (Fsp3) is 0.278. The molecule has 0 aliphatic carbocycles. The van der Waals surface area contributed by atoms with Crippen LogP contribution in [-0.2, 0) is 0 Å². The van der Waals surface area contributed by atoms with Crippen molar-refractivity contribution in [2.24, 2.45) is 0 Å². The van der Waals surface area contributed by atoms with Gasteiger partial charge in [-0.1, -0.05) is 24.3 Å². The standard InChI is InChI=1S/C18H19NO4/c1-2-22-14-6-3-12(4-7-14)13-5-8-15-16(19-18(20)21)9-10-23-17(15)11-13/h3-8,11,16,19H,2,9-10H2,1H3,(H,20,21). The van der Waals surface area contributed by atoms with Gasteiger partial charge >= 0.3 is 6.09 Å². The Bertz CT molecular complexity index is 697. The van der Waals surface area contributed by atoms with Crippen molar-refractivity contribution in [3.05, 3.63) is 48.0 Å².